The standard InChI is InChI=1S/C22H31N3O3/c1-16(14-24(3)4)27-19-11-9-18(10-12-19)21(26)20-8-7-13-23-22(20)28-17(2)15-25(5)6/h7-13,16-17H,14-15H2,1-6H3. The van der Waals surface area contributed by atoms with Gasteiger partial charge in [-0.1, -0.05) is 0 Å². The van der Waals surface area contributed by atoms with E-state index in [4.69, 9.17) is 9.47 Å². The van der Waals surface area contributed by atoms with Crippen LogP contribution in [0.2, 0.25) is 0 Å². The highest BCUT2D eigenvalue weighted by molar-refractivity contribution is 6.10. The fourth-order valence-corrected chi connectivity index (χ4v) is 3.02. The third-order valence-corrected chi connectivity index (χ3v) is 4.03. The molecule has 6 heteroatoms. The van der Waals surface area contributed by atoms with Gasteiger partial charge in [0.2, 0.25) is 5.88 Å². The largest absolute Gasteiger partial charge is 0.489 e. The SMILES string of the molecule is CC(CN(C)C)Oc1ccc(C(=O)c2cccnc2OC(C)CN(C)C)cc1. The number of aromatic nitrogens is 1. The van der Waals surface area contributed by atoms with Gasteiger partial charge in [0.1, 0.15) is 18.0 Å². The average molecular weight is 386 g/mol. The van der Waals surface area contributed by atoms with E-state index in [1.807, 2.05) is 59.1 Å². The van der Waals surface area contributed by atoms with Crippen molar-refractivity contribution in [1.82, 2.24) is 14.8 Å². The third kappa shape index (κ3) is 6.62. The molecule has 0 aliphatic rings. The zero-order chi connectivity index (χ0) is 20.7. The van der Waals surface area contributed by atoms with E-state index in [1.54, 1.807) is 30.5 Å². The highest BCUT2D eigenvalue weighted by Crippen LogP contribution is 2.22. The van der Waals surface area contributed by atoms with Crippen LogP contribution in [-0.4, -0.2) is 74.1 Å². The van der Waals surface area contributed by atoms with Crippen molar-refractivity contribution >= 4 is 5.78 Å². The van der Waals surface area contributed by atoms with Crippen LogP contribution < -0.4 is 9.47 Å². The molecule has 0 spiro atoms. The van der Waals surface area contributed by atoms with Gasteiger partial charge in [-0.2, -0.15) is 0 Å². The van der Waals surface area contributed by atoms with Crippen LogP contribution in [-0.2, 0) is 0 Å². The molecule has 6 nitrogen and oxygen atoms in total. The number of carbonyl (C=O) groups excluding carboxylic acids is 1. The van der Waals surface area contributed by atoms with Crippen molar-refractivity contribution in [2.45, 2.75) is 26.1 Å². The Labute approximate surface area is 168 Å². The van der Waals surface area contributed by atoms with Crippen LogP contribution in [0, 0.1) is 0 Å². The second kappa shape index (κ2) is 10.2. The van der Waals surface area contributed by atoms with Crippen LogP contribution in [0.1, 0.15) is 29.8 Å². The van der Waals surface area contributed by atoms with Crippen molar-refractivity contribution in [3.63, 3.8) is 0 Å². The van der Waals surface area contributed by atoms with Crippen molar-refractivity contribution in [2.75, 3.05) is 41.3 Å². The number of rotatable bonds is 10. The van der Waals surface area contributed by atoms with Gasteiger partial charge in [0.15, 0.2) is 5.78 Å². The number of pyridine rings is 1. The van der Waals surface area contributed by atoms with Crippen molar-refractivity contribution in [1.29, 1.82) is 0 Å². The Hall–Kier alpha value is -2.44. The summed E-state index contributed by atoms with van der Waals surface area (Å²) in [5.41, 5.74) is 1.04. The van der Waals surface area contributed by atoms with E-state index < -0.39 is 0 Å². The highest BCUT2D eigenvalue weighted by atomic mass is 16.5. The van der Waals surface area contributed by atoms with Gasteiger partial charge in [-0.05, 0) is 78.4 Å². The fraction of sp³-hybridized carbons (Fsp3) is 0.455. The zero-order valence-corrected chi connectivity index (χ0v) is 17.7. The summed E-state index contributed by atoms with van der Waals surface area (Å²) in [7, 11) is 7.98. The first kappa shape index (κ1) is 21.9. The number of hydrogen-bond acceptors (Lipinski definition) is 6. The lowest BCUT2D eigenvalue weighted by molar-refractivity contribution is 0.102. The minimum absolute atomic E-state index is 0.0630. The molecule has 2 rings (SSSR count). The molecule has 0 amide bonds. The molecule has 0 fully saturated rings. The zero-order valence-electron chi connectivity index (χ0n) is 17.7. The Morgan fingerprint density at radius 1 is 0.929 bits per heavy atom. The molecule has 2 aromatic rings. The van der Waals surface area contributed by atoms with Gasteiger partial charge in [-0.15, -0.1) is 0 Å². The van der Waals surface area contributed by atoms with E-state index in [2.05, 4.69) is 9.88 Å². The number of hydrogen-bond donors (Lipinski definition) is 0. The van der Waals surface area contributed by atoms with Crippen molar-refractivity contribution in [3.05, 3.63) is 53.7 Å². The van der Waals surface area contributed by atoms with Crippen LogP contribution in [0.15, 0.2) is 42.6 Å². The first-order valence-electron chi connectivity index (χ1n) is 9.48. The Morgan fingerprint density at radius 2 is 1.50 bits per heavy atom. The summed E-state index contributed by atoms with van der Waals surface area (Å²) in [6, 6.07) is 10.7. The Balaban J connectivity index is 2.11. The number of nitrogens with zero attached hydrogens (tertiary/aromatic N) is 3. The van der Waals surface area contributed by atoms with E-state index in [-0.39, 0.29) is 18.0 Å². The molecule has 0 bridgehead atoms. The van der Waals surface area contributed by atoms with Crippen LogP contribution in [0.3, 0.4) is 0 Å². The number of ether oxygens (including phenoxy) is 2. The van der Waals surface area contributed by atoms with Gasteiger partial charge in [0.05, 0.1) is 5.56 Å². The minimum atomic E-state index is -0.118. The number of benzene rings is 1. The summed E-state index contributed by atoms with van der Waals surface area (Å²) in [6.45, 7) is 5.54. The van der Waals surface area contributed by atoms with Gasteiger partial charge < -0.3 is 19.3 Å². The smallest absolute Gasteiger partial charge is 0.225 e. The van der Waals surface area contributed by atoms with E-state index in [1.165, 1.54) is 0 Å². The fourth-order valence-electron chi connectivity index (χ4n) is 3.02. The maximum Gasteiger partial charge on any atom is 0.225 e. The maximum absolute atomic E-state index is 13.0. The summed E-state index contributed by atoms with van der Waals surface area (Å²) in [5, 5.41) is 0. The molecule has 1 aromatic heterocycles. The van der Waals surface area contributed by atoms with Crippen LogP contribution >= 0.6 is 0 Å². The predicted molar refractivity (Wildman–Crippen MR) is 111 cm³/mol. The number of carbonyl (C=O) groups is 1. The number of ketones is 1. The lowest BCUT2D eigenvalue weighted by atomic mass is 10.0. The summed E-state index contributed by atoms with van der Waals surface area (Å²) in [5.74, 6) is 0.989. The topological polar surface area (TPSA) is 54.9 Å². The van der Waals surface area contributed by atoms with Gasteiger partial charge in [0, 0.05) is 24.8 Å². The Bertz CT molecular complexity index is 760. The van der Waals surface area contributed by atoms with Gasteiger partial charge >= 0.3 is 0 Å². The molecule has 1 heterocycles. The lowest BCUT2D eigenvalue weighted by Gasteiger charge is -2.19. The van der Waals surface area contributed by atoms with Gasteiger partial charge in [-0.3, -0.25) is 4.79 Å². The molecule has 0 N–H and O–H groups in total. The first-order valence-corrected chi connectivity index (χ1v) is 9.48. The molecule has 2 unspecified atom stereocenters. The summed E-state index contributed by atoms with van der Waals surface area (Å²) in [6.07, 6.45) is 1.62. The lowest BCUT2D eigenvalue weighted by Crippen LogP contribution is -2.28. The van der Waals surface area contributed by atoms with Crippen LogP contribution in [0.4, 0.5) is 0 Å². The normalized spacial score (nSPS) is 13.4. The van der Waals surface area contributed by atoms with E-state index in [9.17, 15) is 4.79 Å². The van der Waals surface area contributed by atoms with Crippen molar-refractivity contribution < 1.29 is 14.3 Å². The summed E-state index contributed by atoms with van der Waals surface area (Å²) >= 11 is 0. The molecule has 152 valence electrons. The third-order valence-electron chi connectivity index (χ3n) is 4.03. The Kier molecular flexibility index (Phi) is 7.96. The second-order valence-corrected chi connectivity index (χ2v) is 7.59. The van der Waals surface area contributed by atoms with Crippen molar-refractivity contribution in [3.8, 4) is 11.6 Å². The van der Waals surface area contributed by atoms with Gasteiger partial charge in [0.25, 0.3) is 0 Å². The molecule has 0 saturated carbocycles. The molecule has 0 saturated heterocycles. The van der Waals surface area contributed by atoms with E-state index in [0.717, 1.165) is 18.8 Å². The molecular weight excluding hydrogens is 354 g/mol. The van der Waals surface area contributed by atoms with Gasteiger partial charge in [-0.25, -0.2) is 4.98 Å². The van der Waals surface area contributed by atoms with Crippen LogP contribution in [0.25, 0.3) is 0 Å². The first-order chi connectivity index (χ1) is 13.3. The minimum Gasteiger partial charge on any atom is -0.489 e. The monoisotopic (exact) mass is 385 g/mol. The second-order valence-electron chi connectivity index (χ2n) is 7.59. The van der Waals surface area contributed by atoms with Crippen LogP contribution in [0.5, 0.6) is 11.6 Å². The molecule has 0 radical (unpaired) electrons. The molecule has 1 aromatic carbocycles. The molecule has 28 heavy (non-hydrogen) atoms. The van der Waals surface area contributed by atoms with Crippen molar-refractivity contribution in [2.24, 2.45) is 0 Å². The maximum atomic E-state index is 13.0. The molecule has 0 aliphatic carbocycles. The number of likely N-dealkylation sites (N-methyl/N-ethyl adjacent to an activating group) is 2. The molecule has 2 atom stereocenters. The average Bonchev–Trinajstić information content (AvgIpc) is 2.60. The highest BCUT2D eigenvalue weighted by Gasteiger charge is 2.18. The Morgan fingerprint density at radius 3 is 2.07 bits per heavy atom. The summed E-state index contributed by atoms with van der Waals surface area (Å²) in [4.78, 5) is 21.3. The molecule has 0 aliphatic heterocycles. The summed E-state index contributed by atoms with van der Waals surface area (Å²) < 4.78 is 11.8. The van der Waals surface area contributed by atoms with E-state index in [0.29, 0.717) is 17.0 Å². The predicted octanol–water partition coefficient (Wildman–Crippen LogP) is 2.97. The quantitative estimate of drug-likeness (QED) is 0.586. The van der Waals surface area contributed by atoms with E-state index >= 15 is 0 Å². The molecular formula is C22H31N3O3.